The molecule has 3 unspecified atom stereocenters. The van der Waals surface area contributed by atoms with Crippen molar-refractivity contribution in [3.05, 3.63) is 36.2 Å². The smallest absolute Gasteiger partial charge is 0.167 e. The lowest BCUT2D eigenvalue weighted by atomic mass is 10.2. The van der Waals surface area contributed by atoms with Gasteiger partial charge < -0.3 is 4.55 Å². The fourth-order valence-electron chi connectivity index (χ4n) is 1.47. The van der Waals surface area contributed by atoms with Crippen LogP contribution in [0.2, 0.25) is 0 Å². The van der Waals surface area contributed by atoms with E-state index < -0.39 is 11.1 Å². The van der Waals surface area contributed by atoms with Gasteiger partial charge in [0.15, 0.2) is 11.1 Å². The standard InChI is InChI=1S/C10H11NO2S2/c1-7-6-9(14-10(7)15(12)13)8-4-2-3-5-11-8/h2-7,10H,1H3,(H,12,13). The monoisotopic (exact) mass is 241 g/mol. The van der Waals surface area contributed by atoms with E-state index in [1.165, 1.54) is 11.8 Å². The summed E-state index contributed by atoms with van der Waals surface area (Å²) in [5.41, 5.74) is 0.877. The summed E-state index contributed by atoms with van der Waals surface area (Å²) in [6.07, 6.45) is 3.73. The summed E-state index contributed by atoms with van der Waals surface area (Å²) < 4.78 is 19.8. The van der Waals surface area contributed by atoms with Gasteiger partial charge in [-0.3, -0.25) is 4.98 Å². The van der Waals surface area contributed by atoms with Gasteiger partial charge in [-0.05, 0) is 12.1 Å². The molecule has 3 atom stereocenters. The van der Waals surface area contributed by atoms with E-state index in [4.69, 9.17) is 4.55 Å². The summed E-state index contributed by atoms with van der Waals surface area (Å²) in [4.78, 5) is 5.22. The van der Waals surface area contributed by atoms with E-state index >= 15 is 0 Å². The van der Waals surface area contributed by atoms with Gasteiger partial charge in [0.1, 0.15) is 4.58 Å². The number of thioether (sulfide) groups is 1. The molecule has 1 aromatic heterocycles. The molecule has 0 spiro atoms. The quantitative estimate of drug-likeness (QED) is 0.807. The van der Waals surface area contributed by atoms with Crippen LogP contribution in [0.5, 0.6) is 0 Å². The maximum atomic E-state index is 11.0. The maximum Gasteiger partial charge on any atom is 0.167 e. The fourth-order valence-corrected chi connectivity index (χ4v) is 3.63. The van der Waals surface area contributed by atoms with Crippen LogP contribution in [0.15, 0.2) is 30.5 Å². The number of hydrogen-bond donors (Lipinski definition) is 1. The first-order valence-corrected chi connectivity index (χ1v) is 6.63. The lowest BCUT2D eigenvalue weighted by Crippen LogP contribution is -2.13. The normalized spacial score (nSPS) is 27.5. The van der Waals surface area contributed by atoms with Gasteiger partial charge in [-0.25, -0.2) is 4.21 Å². The van der Waals surface area contributed by atoms with Crippen molar-refractivity contribution in [1.82, 2.24) is 4.98 Å². The Kier molecular flexibility index (Phi) is 3.23. The topological polar surface area (TPSA) is 50.2 Å². The van der Waals surface area contributed by atoms with Gasteiger partial charge in [-0.1, -0.05) is 19.1 Å². The zero-order valence-corrected chi connectivity index (χ0v) is 9.79. The number of hydrogen-bond acceptors (Lipinski definition) is 3. The van der Waals surface area contributed by atoms with Crippen LogP contribution < -0.4 is 0 Å². The molecule has 0 aliphatic carbocycles. The van der Waals surface area contributed by atoms with Gasteiger partial charge in [-0.15, -0.1) is 11.8 Å². The summed E-state index contributed by atoms with van der Waals surface area (Å²) >= 11 is -0.354. The molecule has 80 valence electrons. The summed E-state index contributed by atoms with van der Waals surface area (Å²) in [5.74, 6) is 0.109. The molecule has 1 aliphatic heterocycles. The fraction of sp³-hybridized carbons (Fsp3) is 0.300. The molecule has 3 nitrogen and oxygen atoms in total. The molecule has 0 saturated heterocycles. The minimum Gasteiger partial charge on any atom is -0.305 e. The SMILES string of the molecule is CC1C=C(c2ccccn2)SC1S(=O)O. The highest BCUT2D eigenvalue weighted by molar-refractivity contribution is 8.16. The molecule has 2 rings (SSSR count). The zero-order chi connectivity index (χ0) is 10.8. The summed E-state index contributed by atoms with van der Waals surface area (Å²) in [7, 11) is 0. The van der Waals surface area contributed by atoms with Gasteiger partial charge in [0, 0.05) is 17.0 Å². The molecule has 2 heterocycles. The lowest BCUT2D eigenvalue weighted by molar-refractivity contribution is 0.552. The largest absolute Gasteiger partial charge is 0.305 e. The van der Waals surface area contributed by atoms with Gasteiger partial charge in [0.2, 0.25) is 0 Å². The van der Waals surface area contributed by atoms with E-state index in [0.29, 0.717) is 0 Å². The first kappa shape index (κ1) is 10.9. The highest BCUT2D eigenvalue weighted by atomic mass is 32.2. The minimum atomic E-state index is -1.78. The number of nitrogens with zero attached hydrogens (tertiary/aromatic N) is 1. The molecule has 0 radical (unpaired) electrons. The van der Waals surface area contributed by atoms with Crippen molar-refractivity contribution < 1.29 is 8.76 Å². The Morgan fingerprint density at radius 2 is 2.33 bits per heavy atom. The molecule has 0 bridgehead atoms. The van der Waals surface area contributed by atoms with Crippen LogP contribution in [-0.4, -0.2) is 18.3 Å². The molecule has 15 heavy (non-hydrogen) atoms. The highest BCUT2D eigenvalue weighted by Crippen LogP contribution is 2.42. The number of aromatic nitrogens is 1. The third kappa shape index (κ3) is 2.30. The van der Waals surface area contributed by atoms with Gasteiger partial charge in [0.05, 0.1) is 5.69 Å². The Balaban J connectivity index is 2.21. The van der Waals surface area contributed by atoms with Crippen LogP contribution in [0.25, 0.3) is 4.91 Å². The van der Waals surface area contributed by atoms with Crippen LogP contribution in [0.4, 0.5) is 0 Å². The second-order valence-electron chi connectivity index (χ2n) is 3.37. The van der Waals surface area contributed by atoms with Gasteiger partial charge in [0.25, 0.3) is 0 Å². The second kappa shape index (κ2) is 4.47. The Hall–Kier alpha value is -0.650. The predicted octanol–water partition coefficient (Wildman–Crippen LogP) is 2.35. The molecule has 5 heteroatoms. The lowest BCUT2D eigenvalue weighted by Gasteiger charge is -2.08. The molecule has 0 aromatic carbocycles. The van der Waals surface area contributed by atoms with Crippen LogP contribution in [-0.2, 0) is 11.1 Å². The van der Waals surface area contributed by atoms with Crippen molar-refractivity contribution in [2.24, 2.45) is 5.92 Å². The third-order valence-electron chi connectivity index (χ3n) is 2.20. The van der Waals surface area contributed by atoms with E-state index in [1.54, 1.807) is 6.20 Å². The Labute approximate surface area is 95.3 Å². The summed E-state index contributed by atoms with van der Waals surface area (Å²) in [6.45, 7) is 1.95. The molecule has 1 aromatic rings. The predicted molar refractivity (Wildman–Crippen MR) is 63.5 cm³/mol. The molecular formula is C10H11NO2S2. The van der Waals surface area contributed by atoms with E-state index in [0.717, 1.165) is 10.6 Å². The molecule has 0 amide bonds. The van der Waals surface area contributed by atoms with Crippen molar-refractivity contribution in [2.75, 3.05) is 0 Å². The number of allylic oxidation sites excluding steroid dienone is 1. The van der Waals surface area contributed by atoms with E-state index in [9.17, 15) is 4.21 Å². The highest BCUT2D eigenvalue weighted by Gasteiger charge is 2.30. The van der Waals surface area contributed by atoms with Gasteiger partial charge in [-0.2, -0.15) is 0 Å². The van der Waals surface area contributed by atoms with Crippen LogP contribution in [0, 0.1) is 5.92 Å². The Morgan fingerprint density at radius 1 is 1.53 bits per heavy atom. The molecule has 1 aliphatic rings. The van der Waals surface area contributed by atoms with Crippen LogP contribution >= 0.6 is 11.8 Å². The van der Waals surface area contributed by atoms with E-state index in [-0.39, 0.29) is 10.5 Å². The second-order valence-corrected chi connectivity index (χ2v) is 5.91. The zero-order valence-electron chi connectivity index (χ0n) is 8.16. The molecule has 1 N–H and O–H groups in total. The first-order valence-electron chi connectivity index (χ1n) is 4.58. The number of rotatable bonds is 2. The average Bonchev–Trinajstić information content (AvgIpc) is 2.62. The van der Waals surface area contributed by atoms with Gasteiger partial charge >= 0.3 is 0 Å². The number of pyridine rings is 1. The average molecular weight is 241 g/mol. The summed E-state index contributed by atoms with van der Waals surface area (Å²) in [5, 5.41) is 0. The third-order valence-corrected chi connectivity index (χ3v) is 5.07. The minimum absolute atomic E-state index is 0.109. The molecule has 0 saturated carbocycles. The van der Waals surface area contributed by atoms with E-state index in [2.05, 4.69) is 4.98 Å². The van der Waals surface area contributed by atoms with Crippen molar-refractivity contribution in [1.29, 1.82) is 0 Å². The summed E-state index contributed by atoms with van der Waals surface area (Å²) in [6, 6.07) is 5.68. The van der Waals surface area contributed by atoms with E-state index in [1.807, 2.05) is 31.2 Å². The maximum absolute atomic E-state index is 11.0. The van der Waals surface area contributed by atoms with Crippen LogP contribution in [0.1, 0.15) is 12.6 Å². The van der Waals surface area contributed by atoms with Crippen molar-refractivity contribution in [3.63, 3.8) is 0 Å². The molecule has 0 fully saturated rings. The van der Waals surface area contributed by atoms with Crippen molar-refractivity contribution in [2.45, 2.75) is 11.5 Å². The Bertz CT molecular complexity index is 405. The van der Waals surface area contributed by atoms with Crippen molar-refractivity contribution >= 4 is 27.7 Å². The molecular weight excluding hydrogens is 230 g/mol. The Morgan fingerprint density at radius 3 is 2.87 bits per heavy atom. The van der Waals surface area contributed by atoms with Crippen LogP contribution in [0.3, 0.4) is 0 Å². The first-order chi connectivity index (χ1) is 7.18. The van der Waals surface area contributed by atoms with Crippen molar-refractivity contribution in [3.8, 4) is 0 Å².